The van der Waals surface area contributed by atoms with Crippen LogP contribution >= 0.6 is 22.7 Å². The number of carbonyl (C=O) groups excluding carboxylic acids is 1. The molecule has 1 unspecified atom stereocenters. The van der Waals surface area contributed by atoms with Crippen LogP contribution in [0.1, 0.15) is 31.7 Å². The van der Waals surface area contributed by atoms with Gasteiger partial charge in [-0.05, 0) is 28.3 Å². The Labute approximate surface area is 179 Å². The molecule has 3 aromatic heterocycles. The quantitative estimate of drug-likeness (QED) is 0.669. The lowest BCUT2D eigenvalue weighted by molar-refractivity contribution is -0.123. The number of anilines is 1. The number of thiophene rings is 2. The minimum absolute atomic E-state index is 0.0296. The Morgan fingerprint density at radius 3 is 2.62 bits per heavy atom. The van der Waals surface area contributed by atoms with Gasteiger partial charge in [0.15, 0.2) is 0 Å². The van der Waals surface area contributed by atoms with Gasteiger partial charge in [-0.2, -0.15) is 0 Å². The number of piperazine rings is 1. The Kier molecular flexibility index (Phi) is 5.85. The normalized spacial score (nSPS) is 16.9. The molecule has 0 aromatic carbocycles. The first-order chi connectivity index (χ1) is 13.9. The molecule has 1 N–H and O–H groups in total. The number of fused-ring (bicyclic) bond motifs is 1. The summed E-state index contributed by atoms with van der Waals surface area (Å²) in [6, 6.07) is 6.27. The number of nitrogens with zero attached hydrogens (tertiary/aromatic N) is 4. The Hall–Kier alpha value is -2.03. The van der Waals surface area contributed by atoms with Crippen molar-refractivity contribution in [3.63, 3.8) is 0 Å². The first kappa shape index (κ1) is 20.3. The van der Waals surface area contributed by atoms with Gasteiger partial charge in [-0.25, -0.2) is 9.97 Å². The topological polar surface area (TPSA) is 61.4 Å². The molecule has 3 aromatic rings. The smallest absolute Gasteiger partial charge is 0.234 e. The van der Waals surface area contributed by atoms with Gasteiger partial charge in [0.25, 0.3) is 0 Å². The number of hydrogen-bond acceptors (Lipinski definition) is 7. The molecule has 154 valence electrons. The molecule has 1 saturated heterocycles. The molecular formula is C21H27N5OS2. The molecule has 4 rings (SSSR count). The average Bonchev–Trinajstić information content (AvgIpc) is 3.37. The summed E-state index contributed by atoms with van der Waals surface area (Å²) in [7, 11) is 0. The van der Waals surface area contributed by atoms with E-state index in [-0.39, 0.29) is 17.4 Å². The number of amides is 1. The summed E-state index contributed by atoms with van der Waals surface area (Å²) in [6.07, 6.45) is 1.64. The highest BCUT2D eigenvalue weighted by atomic mass is 32.1. The van der Waals surface area contributed by atoms with Crippen molar-refractivity contribution in [2.45, 2.75) is 26.8 Å². The lowest BCUT2D eigenvalue weighted by atomic mass is 9.85. The van der Waals surface area contributed by atoms with Gasteiger partial charge in [0, 0.05) is 31.1 Å². The van der Waals surface area contributed by atoms with E-state index in [9.17, 15) is 4.79 Å². The third kappa shape index (κ3) is 4.60. The van der Waals surface area contributed by atoms with Crippen LogP contribution in [0.25, 0.3) is 10.2 Å². The van der Waals surface area contributed by atoms with E-state index in [1.165, 1.54) is 4.88 Å². The van der Waals surface area contributed by atoms with Crippen molar-refractivity contribution < 1.29 is 4.79 Å². The van der Waals surface area contributed by atoms with Crippen molar-refractivity contribution >= 4 is 44.6 Å². The largest absolute Gasteiger partial charge is 0.353 e. The van der Waals surface area contributed by atoms with E-state index in [1.807, 2.05) is 6.07 Å². The molecule has 0 aliphatic carbocycles. The lowest BCUT2D eigenvalue weighted by Crippen LogP contribution is -2.50. The molecule has 29 heavy (non-hydrogen) atoms. The van der Waals surface area contributed by atoms with Crippen molar-refractivity contribution in [2.75, 3.05) is 37.6 Å². The zero-order chi connectivity index (χ0) is 20.4. The molecule has 6 nitrogen and oxygen atoms in total. The zero-order valence-electron chi connectivity index (χ0n) is 17.1. The van der Waals surface area contributed by atoms with Crippen LogP contribution in [0.5, 0.6) is 0 Å². The maximum Gasteiger partial charge on any atom is 0.234 e. The number of aromatic nitrogens is 2. The predicted molar refractivity (Wildman–Crippen MR) is 121 cm³/mol. The molecule has 1 fully saturated rings. The number of rotatable bonds is 5. The highest BCUT2D eigenvalue weighted by Gasteiger charge is 2.29. The number of nitrogens with one attached hydrogen (secondary N) is 1. The Morgan fingerprint density at radius 2 is 1.93 bits per heavy atom. The van der Waals surface area contributed by atoms with Crippen LogP contribution in [-0.2, 0) is 4.79 Å². The van der Waals surface area contributed by atoms with E-state index in [0.717, 1.165) is 42.2 Å². The third-order valence-corrected chi connectivity index (χ3v) is 7.04. The fourth-order valence-electron chi connectivity index (χ4n) is 3.73. The van der Waals surface area contributed by atoms with Gasteiger partial charge >= 0.3 is 0 Å². The van der Waals surface area contributed by atoms with E-state index < -0.39 is 0 Å². The summed E-state index contributed by atoms with van der Waals surface area (Å²) in [5.41, 5.74) is -0.0296. The van der Waals surface area contributed by atoms with E-state index in [0.29, 0.717) is 6.54 Å². The van der Waals surface area contributed by atoms with Gasteiger partial charge in [0.2, 0.25) is 5.91 Å². The highest BCUT2D eigenvalue weighted by molar-refractivity contribution is 7.16. The molecule has 1 amide bonds. The van der Waals surface area contributed by atoms with Crippen LogP contribution in [0.15, 0.2) is 35.3 Å². The number of carbonyl (C=O) groups is 1. The summed E-state index contributed by atoms with van der Waals surface area (Å²) in [6.45, 7) is 10.4. The Balaban J connectivity index is 1.34. The van der Waals surface area contributed by atoms with Crippen LogP contribution in [-0.4, -0.2) is 53.5 Å². The van der Waals surface area contributed by atoms with Gasteiger partial charge in [0.05, 0.1) is 18.0 Å². The third-order valence-electron chi connectivity index (χ3n) is 5.28. The van der Waals surface area contributed by atoms with Gasteiger partial charge < -0.3 is 10.2 Å². The first-order valence-corrected chi connectivity index (χ1v) is 11.7. The van der Waals surface area contributed by atoms with Gasteiger partial charge in [-0.15, -0.1) is 22.7 Å². The van der Waals surface area contributed by atoms with Crippen molar-refractivity contribution in [3.8, 4) is 0 Å². The summed E-state index contributed by atoms with van der Waals surface area (Å²) in [4.78, 5) is 28.4. The van der Waals surface area contributed by atoms with E-state index in [2.05, 4.69) is 68.7 Å². The van der Waals surface area contributed by atoms with Gasteiger partial charge in [-0.3, -0.25) is 9.69 Å². The second-order valence-electron chi connectivity index (χ2n) is 8.48. The molecule has 1 atom stereocenters. The van der Waals surface area contributed by atoms with E-state index in [1.54, 1.807) is 29.0 Å². The monoisotopic (exact) mass is 429 g/mol. The zero-order valence-corrected chi connectivity index (χ0v) is 18.7. The molecule has 0 radical (unpaired) electrons. The molecular weight excluding hydrogens is 402 g/mol. The van der Waals surface area contributed by atoms with Crippen LogP contribution in [0, 0.1) is 5.41 Å². The minimum Gasteiger partial charge on any atom is -0.353 e. The summed E-state index contributed by atoms with van der Waals surface area (Å²) < 4.78 is 0. The van der Waals surface area contributed by atoms with Crippen molar-refractivity contribution in [1.29, 1.82) is 0 Å². The lowest BCUT2D eigenvalue weighted by Gasteiger charge is -2.36. The molecule has 0 bridgehead atoms. The van der Waals surface area contributed by atoms with Crippen molar-refractivity contribution in [3.05, 3.63) is 40.2 Å². The molecule has 0 saturated carbocycles. The predicted octanol–water partition coefficient (Wildman–Crippen LogP) is 3.78. The minimum atomic E-state index is -0.0296. The van der Waals surface area contributed by atoms with Crippen LogP contribution in [0.4, 0.5) is 5.82 Å². The summed E-state index contributed by atoms with van der Waals surface area (Å²) >= 11 is 3.34. The second-order valence-corrected chi connectivity index (χ2v) is 10.4. The standard InChI is InChI=1S/C21H27N5OS2/c1-21(2,3)18(16-5-4-11-28-16)24-17(27)13-25-7-9-26(10-8-25)19-15-6-12-29-20(15)23-14-22-19/h4-6,11-12,14,18H,7-10,13H2,1-3H3,(H,24,27). The highest BCUT2D eigenvalue weighted by Crippen LogP contribution is 2.35. The number of hydrogen-bond donors (Lipinski definition) is 1. The van der Waals surface area contributed by atoms with E-state index >= 15 is 0 Å². The molecule has 4 heterocycles. The van der Waals surface area contributed by atoms with E-state index in [4.69, 9.17) is 0 Å². The fraction of sp³-hybridized carbons (Fsp3) is 0.476. The second kappa shape index (κ2) is 8.38. The summed E-state index contributed by atoms with van der Waals surface area (Å²) in [5, 5.41) is 8.51. The maximum absolute atomic E-state index is 12.8. The average molecular weight is 430 g/mol. The Bertz CT molecular complexity index is 955. The Morgan fingerprint density at radius 1 is 1.14 bits per heavy atom. The van der Waals surface area contributed by atoms with Gasteiger partial charge in [0.1, 0.15) is 17.0 Å². The van der Waals surface area contributed by atoms with Gasteiger partial charge in [-0.1, -0.05) is 26.8 Å². The fourth-order valence-corrected chi connectivity index (χ4v) is 5.47. The van der Waals surface area contributed by atoms with Crippen molar-refractivity contribution in [2.24, 2.45) is 5.41 Å². The molecule has 1 aliphatic rings. The summed E-state index contributed by atoms with van der Waals surface area (Å²) in [5.74, 6) is 1.10. The van der Waals surface area contributed by atoms with Crippen LogP contribution < -0.4 is 10.2 Å². The molecule has 1 aliphatic heterocycles. The molecule has 8 heteroatoms. The van der Waals surface area contributed by atoms with Crippen molar-refractivity contribution in [1.82, 2.24) is 20.2 Å². The van der Waals surface area contributed by atoms with Crippen LogP contribution in [0.2, 0.25) is 0 Å². The molecule has 0 spiro atoms. The first-order valence-electron chi connectivity index (χ1n) is 9.90. The maximum atomic E-state index is 12.8. The SMILES string of the molecule is CC(C)(C)C(NC(=O)CN1CCN(c2ncnc3sccc23)CC1)c1cccs1. The van der Waals surface area contributed by atoms with Crippen LogP contribution in [0.3, 0.4) is 0 Å².